The zero-order valence-electron chi connectivity index (χ0n) is 13.8. The highest BCUT2D eigenvalue weighted by molar-refractivity contribution is 7.92. The Kier molecular flexibility index (Phi) is 5.18. The van der Waals surface area contributed by atoms with Gasteiger partial charge < -0.3 is 5.32 Å². The summed E-state index contributed by atoms with van der Waals surface area (Å²) in [4.78, 5) is 12.2. The van der Waals surface area contributed by atoms with Crippen LogP contribution in [0.2, 0.25) is 0 Å². The minimum absolute atomic E-state index is 0.0894. The lowest BCUT2D eigenvalue weighted by atomic mass is 10.2. The second-order valence-corrected chi connectivity index (χ2v) is 7.22. The van der Waals surface area contributed by atoms with Crippen molar-refractivity contribution >= 4 is 27.3 Å². The summed E-state index contributed by atoms with van der Waals surface area (Å²) in [5.41, 5.74) is 0.0663. The second kappa shape index (κ2) is 7.55. The number of hydrogen-bond acceptors (Lipinski definition) is 3. The first-order valence-corrected chi connectivity index (χ1v) is 9.28. The quantitative estimate of drug-likeness (QED) is 0.693. The van der Waals surface area contributed by atoms with Gasteiger partial charge in [0.05, 0.1) is 21.8 Å². The first-order valence-electron chi connectivity index (χ1n) is 7.80. The molecule has 3 aromatic rings. The second-order valence-electron chi connectivity index (χ2n) is 5.54. The van der Waals surface area contributed by atoms with Crippen LogP contribution in [0, 0.1) is 11.6 Å². The average Bonchev–Trinajstić information content (AvgIpc) is 2.64. The number of para-hydroxylation sites is 2. The Morgan fingerprint density at radius 3 is 2.04 bits per heavy atom. The number of sulfonamides is 1. The van der Waals surface area contributed by atoms with E-state index in [1.54, 1.807) is 12.1 Å². The molecule has 3 aromatic carbocycles. The van der Waals surface area contributed by atoms with E-state index in [2.05, 4.69) is 10.0 Å². The Labute approximate surface area is 154 Å². The molecule has 0 atom stereocenters. The molecule has 0 saturated carbocycles. The summed E-state index contributed by atoms with van der Waals surface area (Å²) < 4.78 is 54.0. The predicted octanol–water partition coefficient (Wildman–Crippen LogP) is 4.02. The fraction of sp³-hybridized carbons (Fsp3) is 0. The molecule has 0 aliphatic heterocycles. The molecule has 3 rings (SSSR count). The molecule has 0 radical (unpaired) electrons. The van der Waals surface area contributed by atoms with Gasteiger partial charge in [-0.25, -0.2) is 17.2 Å². The molecule has 0 heterocycles. The van der Waals surface area contributed by atoms with Crippen LogP contribution < -0.4 is 10.0 Å². The number of benzene rings is 3. The standard InChI is InChI=1S/C19H14F2N2O3S/c20-13-9-11-14(12-10-13)27(25,26)23-18-8-4-3-7-17(18)22-19(24)15-5-1-2-6-16(15)21/h1-12,23H,(H,22,24). The molecule has 0 unspecified atom stereocenters. The fourth-order valence-electron chi connectivity index (χ4n) is 2.33. The molecule has 8 heteroatoms. The lowest BCUT2D eigenvalue weighted by Crippen LogP contribution is -2.18. The first-order chi connectivity index (χ1) is 12.9. The number of rotatable bonds is 5. The van der Waals surface area contributed by atoms with Crippen LogP contribution in [0.5, 0.6) is 0 Å². The van der Waals surface area contributed by atoms with Crippen LogP contribution in [0.1, 0.15) is 10.4 Å². The van der Waals surface area contributed by atoms with Gasteiger partial charge in [-0.05, 0) is 48.5 Å². The first kappa shape index (κ1) is 18.5. The van der Waals surface area contributed by atoms with E-state index < -0.39 is 27.6 Å². The lowest BCUT2D eigenvalue weighted by molar-refractivity contribution is 0.102. The van der Waals surface area contributed by atoms with E-state index in [0.29, 0.717) is 0 Å². The molecular weight excluding hydrogens is 374 g/mol. The minimum Gasteiger partial charge on any atom is -0.320 e. The SMILES string of the molecule is O=C(Nc1ccccc1NS(=O)(=O)c1ccc(F)cc1)c1ccccc1F. The molecule has 0 spiro atoms. The molecule has 2 N–H and O–H groups in total. The number of halogens is 2. The number of carbonyl (C=O) groups excluding carboxylic acids is 1. The van der Waals surface area contributed by atoms with Gasteiger partial charge in [0, 0.05) is 0 Å². The van der Waals surface area contributed by atoms with Crippen molar-refractivity contribution in [3.05, 3.63) is 90.0 Å². The molecule has 0 saturated heterocycles. The van der Waals surface area contributed by atoms with Crippen LogP contribution in [-0.4, -0.2) is 14.3 Å². The van der Waals surface area contributed by atoms with Gasteiger partial charge in [-0.3, -0.25) is 9.52 Å². The highest BCUT2D eigenvalue weighted by Crippen LogP contribution is 2.25. The number of nitrogens with one attached hydrogen (secondary N) is 2. The maximum absolute atomic E-state index is 13.8. The van der Waals surface area contributed by atoms with E-state index in [4.69, 9.17) is 0 Å². The zero-order chi connectivity index (χ0) is 19.4. The molecule has 0 fully saturated rings. The van der Waals surface area contributed by atoms with Crippen LogP contribution in [0.15, 0.2) is 77.7 Å². The van der Waals surface area contributed by atoms with Crippen molar-refractivity contribution in [3.63, 3.8) is 0 Å². The Morgan fingerprint density at radius 1 is 0.778 bits per heavy atom. The van der Waals surface area contributed by atoms with Gasteiger partial charge in [0.15, 0.2) is 0 Å². The topological polar surface area (TPSA) is 75.3 Å². The summed E-state index contributed by atoms with van der Waals surface area (Å²) in [6.07, 6.45) is 0. The molecular formula is C19H14F2N2O3S. The van der Waals surface area contributed by atoms with Crippen molar-refractivity contribution in [1.82, 2.24) is 0 Å². The maximum Gasteiger partial charge on any atom is 0.261 e. The van der Waals surface area contributed by atoms with Crippen LogP contribution in [0.3, 0.4) is 0 Å². The van der Waals surface area contributed by atoms with Crippen LogP contribution >= 0.6 is 0 Å². The summed E-state index contributed by atoms with van der Waals surface area (Å²) in [6.45, 7) is 0. The molecule has 0 aliphatic carbocycles. The Hall–Kier alpha value is -3.26. The molecule has 0 aliphatic rings. The van der Waals surface area contributed by atoms with Crippen LogP contribution in [0.25, 0.3) is 0 Å². The molecule has 27 heavy (non-hydrogen) atoms. The summed E-state index contributed by atoms with van der Waals surface area (Å²) >= 11 is 0. The largest absolute Gasteiger partial charge is 0.320 e. The molecule has 0 aromatic heterocycles. The Bertz CT molecular complexity index is 1080. The maximum atomic E-state index is 13.8. The predicted molar refractivity (Wildman–Crippen MR) is 98.0 cm³/mol. The van der Waals surface area contributed by atoms with Gasteiger partial charge in [0.25, 0.3) is 15.9 Å². The number of anilines is 2. The van der Waals surface area contributed by atoms with Crippen LogP contribution in [0.4, 0.5) is 20.2 Å². The van der Waals surface area contributed by atoms with E-state index >= 15 is 0 Å². The monoisotopic (exact) mass is 388 g/mol. The van der Waals surface area contributed by atoms with Crippen molar-refractivity contribution < 1.29 is 22.0 Å². The van der Waals surface area contributed by atoms with E-state index in [1.165, 1.54) is 30.3 Å². The number of hydrogen-bond donors (Lipinski definition) is 2. The third-order valence-electron chi connectivity index (χ3n) is 3.66. The summed E-state index contributed by atoms with van der Waals surface area (Å²) in [5, 5.41) is 2.48. The molecule has 138 valence electrons. The highest BCUT2D eigenvalue weighted by Gasteiger charge is 2.18. The van der Waals surface area contributed by atoms with Gasteiger partial charge in [0.1, 0.15) is 11.6 Å². The Balaban J connectivity index is 1.87. The van der Waals surface area contributed by atoms with Crippen LogP contribution in [-0.2, 0) is 10.0 Å². The van der Waals surface area contributed by atoms with Gasteiger partial charge in [-0.2, -0.15) is 0 Å². The summed E-state index contributed by atoms with van der Waals surface area (Å²) in [6, 6.07) is 15.8. The van der Waals surface area contributed by atoms with Crippen molar-refractivity contribution in [3.8, 4) is 0 Å². The van der Waals surface area contributed by atoms with Crippen molar-refractivity contribution in [2.75, 3.05) is 10.0 Å². The summed E-state index contributed by atoms with van der Waals surface area (Å²) in [7, 11) is -4.00. The van der Waals surface area contributed by atoms with Gasteiger partial charge in [0.2, 0.25) is 0 Å². The lowest BCUT2D eigenvalue weighted by Gasteiger charge is -2.14. The fourth-order valence-corrected chi connectivity index (χ4v) is 3.41. The number of amides is 1. The van der Waals surface area contributed by atoms with Gasteiger partial charge >= 0.3 is 0 Å². The zero-order valence-corrected chi connectivity index (χ0v) is 14.6. The molecule has 0 bridgehead atoms. The van der Waals surface area contributed by atoms with Crippen molar-refractivity contribution in [2.24, 2.45) is 0 Å². The summed E-state index contributed by atoms with van der Waals surface area (Å²) in [5.74, 6) is -1.98. The smallest absolute Gasteiger partial charge is 0.261 e. The Morgan fingerprint density at radius 2 is 1.37 bits per heavy atom. The minimum atomic E-state index is -4.00. The van der Waals surface area contributed by atoms with Crippen molar-refractivity contribution in [1.29, 1.82) is 0 Å². The van der Waals surface area contributed by atoms with E-state index in [0.717, 1.165) is 30.3 Å². The average molecular weight is 388 g/mol. The van der Waals surface area contributed by atoms with Gasteiger partial charge in [-0.1, -0.05) is 24.3 Å². The van der Waals surface area contributed by atoms with E-state index in [9.17, 15) is 22.0 Å². The molecule has 1 amide bonds. The van der Waals surface area contributed by atoms with Crippen molar-refractivity contribution in [2.45, 2.75) is 4.90 Å². The van der Waals surface area contributed by atoms with E-state index in [1.807, 2.05) is 0 Å². The van der Waals surface area contributed by atoms with Gasteiger partial charge in [-0.15, -0.1) is 0 Å². The molecule has 5 nitrogen and oxygen atoms in total. The highest BCUT2D eigenvalue weighted by atomic mass is 32.2. The van der Waals surface area contributed by atoms with E-state index in [-0.39, 0.29) is 21.8 Å². The third kappa shape index (κ3) is 4.29. The third-order valence-corrected chi connectivity index (χ3v) is 5.04. The number of carbonyl (C=O) groups is 1. The normalized spacial score (nSPS) is 11.0.